The SMILES string of the molecule is CCOc1ccccc1C=C1C(=O)NC2=CC=CCC21. The molecule has 1 aromatic carbocycles. The lowest BCUT2D eigenvalue weighted by molar-refractivity contribution is -0.115. The standard InChI is InChI=1S/C17H17NO2/c1-2-20-16-10-6-3-7-12(16)11-14-13-8-4-5-9-15(13)18-17(14)19/h3-7,9-11,13H,2,8H2,1H3,(H,18,19). The second-order valence-corrected chi connectivity index (χ2v) is 4.86. The minimum Gasteiger partial charge on any atom is -0.493 e. The first-order valence-electron chi connectivity index (χ1n) is 6.91. The van der Waals surface area contributed by atoms with E-state index in [1.807, 2.05) is 49.4 Å². The molecule has 1 fully saturated rings. The summed E-state index contributed by atoms with van der Waals surface area (Å²) in [5, 5.41) is 2.94. The van der Waals surface area contributed by atoms with Crippen LogP contribution in [-0.2, 0) is 4.79 Å². The van der Waals surface area contributed by atoms with E-state index in [1.165, 1.54) is 0 Å². The van der Waals surface area contributed by atoms with Gasteiger partial charge in [-0.15, -0.1) is 0 Å². The molecule has 1 aromatic rings. The number of hydrogen-bond acceptors (Lipinski definition) is 2. The lowest BCUT2D eigenvalue weighted by Crippen LogP contribution is -2.13. The topological polar surface area (TPSA) is 38.3 Å². The van der Waals surface area contributed by atoms with Crippen molar-refractivity contribution in [2.45, 2.75) is 13.3 Å². The number of rotatable bonds is 3. The predicted molar refractivity (Wildman–Crippen MR) is 79.1 cm³/mol. The van der Waals surface area contributed by atoms with Gasteiger partial charge in [-0.3, -0.25) is 4.79 Å². The van der Waals surface area contributed by atoms with Crippen LogP contribution in [0.15, 0.2) is 53.8 Å². The molecule has 1 heterocycles. The largest absolute Gasteiger partial charge is 0.493 e. The third-order valence-electron chi connectivity index (χ3n) is 3.58. The van der Waals surface area contributed by atoms with E-state index in [1.54, 1.807) is 0 Å². The maximum Gasteiger partial charge on any atom is 0.252 e. The molecule has 0 bridgehead atoms. The van der Waals surface area contributed by atoms with Crippen molar-refractivity contribution in [1.29, 1.82) is 0 Å². The maximum absolute atomic E-state index is 12.1. The second-order valence-electron chi connectivity index (χ2n) is 4.86. The van der Waals surface area contributed by atoms with Gasteiger partial charge in [0.05, 0.1) is 6.61 Å². The van der Waals surface area contributed by atoms with Crippen LogP contribution in [0.25, 0.3) is 6.08 Å². The Morgan fingerprint density at radius 1 is 1.40 bits per heavy atom. The molecule has 102 valence electrons. The van der Waals surface area contributed by atoms with E-state index in [2.05, 4.69) is 11.4 Å². The van der Waals surface area contributed by atoms with Crippen LogP contribution in [0.1, 0.15) is 18.9 Å². The minimum atomic E-state index is -0.00347. The molecule has 0 saturated carbocycles. The van der Waals surface area contributed by atoms with E-state index >= 15 is 0 Å². The van der Waals surface area contributed by atoms with Gasteiger partial charge >= 0.3 is 0 Å². The molecular weight excluding hydrogens is 250 g/mol. The number of amides is 1. The second kappa shape index (κ2) is 5.37. The molecule has 1 aliphatic heterocycles. The Hall–Kier alpha value is -2.29. The first-order valence-corrected chi connectivity index (χ1v) is 6.91. The van der Waals surface area contributed by atoms with Gasteiger partial charge in [0.1, 0.15) is 5.75 Å². The van der Waals surface area contributed by atoms with Crippen molar-refractivity contribution in [1.82, 2.24) is 5.32 Å². The van der Waals surface area contributed by atoms with Gasteiger partial charge < -0.3 is 10.1 Å². The summed E-state index contributed by atoms with van der Waals surface area (Å²) in [6.45, 7) is 2.57. The molecule has 1 saturated heterocycles. The average molecular weight is 267 g/mol. The molecule has 1 atom stereocenters. The third kappa shape index (κ3) is 2.27. The molecule has 1 amide bonds. The van der Waals surface area contributed by atoms with Crippen LogP contribution >= 0.6 is 0 Å². The average Bonchev–Trinajstić information content (AvgIpc) is 2.78. The van der Waals surface area contributed by atoms with Crippen LogP contribution < -0.4 is 10.1 Å². The van der Waals surface area contributed by atoms with Crippen molar-refractivity contribution in [2.24, 2.45) is 5.92 Å². The Labute approximate surface area is 118 Å². The smallest absolute Gasteiger partial charge is 0.252 e. The lowest BCUT2D eigenvalue weighted by atomic mass is 9.91. The Balaban J connectivity index is 1.98. The molecule has 0 spiro atoms. The number of nitrogens with one attached hydrogen (secondary N) is 1. The molecule has 1 N–H and O–H groups in total. The molecule has 3 rings (SSSR count). The van der Waals surface area contributed by atoms with Gasteiger partial charge in [-0.25, -0.2) is 0 Å². The van der Waals surface area contributed by atoms with Gasteiger partial charge in [0.2, 0.25) is 0 Å². The van der Waals surface area contributed by atoms with Gasteiger partial charge in [-0.2, -0.15) is 0 Å². The van der Waals surface area contributed by atoms with Crippen LogP contribution in [0.4, 0.5) is 0 Å². The zero-order valence-electron chi connectivity index (χ0n) is 11.4. The molecule has 20 heavy (non-hydrogen) atoms. The highest BCUT2D eigenvalue weighted by Gasteiger charge is 2.32. The van der Waals surface area contributed by atoms with Crippen LogP contribution in [0, 0.1) is 5.92 Å². The molecule has 1 unspecified atom stereocenters. The summed E-state index contributed by atoms with van der Waals surface area (Å²) in [6.07, 6.45) is 8.87. The highest BCUT2D eigenvalue weighted by Crippen LogP contribution is 2.34. The summed E-state index contributed by atoms with van der Waals surface area (Å²) in [7, 11) is 0. The first kappa shape index (κ1) is 12.7. The molecular formula is C17H17NO2. The number of carbonyl (C=O) groups is 1. The van der Waals surface area contributed by atoms with Gasteiger partial charge in [0.15, 0.2) is 0 Å². The summed E-state index contributed by atoms with van der Waals surface area (Å²) in [5.74, 6) is 0.970. The fourth-order valence-corrected chi connectivity index (χ4v) is 2.63. The van der Waals surface area contributed by atoms with Gasteiger partial charge in [0, 0.05) is 22.8 Å². The first-order chi connectivity index (χ1) is 9.79. The van der Waals surface area contributed by atoms with Crippen LogP contribution in [0.2, 0.25) is 0 Å². The quantitative estimate of drug-likeness (QED) is 0.855. The Bertz CT molecular complexity index is 626. The van der Waals surface area contributed by atoms with Crippen molar-refractivity contribution >= 4 is 12.0 Å². The number of ether oxygens (including phenoxy) is 1. The van der Waals surface area contributed by atoms with Crippen LogP contribution in [0.5, 0.6) is 5.75 Å². The van der Waals surface area contributed by atoms with Crippen molar-refractivity contribution < 1.29 is 9.53 Å². The van der Waals surface area contributed by atoms with Crippen LogP contribution in [0.3, 0.4) is 0 Å². The summed E-state index contributed by atoms with van der Waals surface area (Å²) in [4.78, 5) is 12.1. The molecule has 0 aromatic heterocycles. The fraction of sp³-hybridized carbons (Fsp3) is 0.235. The zero-order chi connectivity index (χ0) is 13.9. The van der Waals surface area contributed by atoms with Crippen molar-refractivity contribution in [3.05, 3.63) is 59.3 Å². The molecule has 3 heteroatoms. The highest BCUT2D eigenvalue weighted by molar-refractivity contribution is 6.03. The predicted octanol–water partition coefficient (Wildman–Crippen LogP) is 3.06. The number of allylic oxidation sites excluding steroid dienone is 4. The summed E-state index contributed by atoms with van der Waals surface area (Å²) < 4.78 is 5.61. The monoisotopic (exact) mass is 267 g/mol. The molecule has 2 aliphatic rings. The summed E-state index contributed by atoms with van der Waals surface area (Å²) in [6, 6.07) is 7.81. The van der Waals surface area contributed by atoms with E-state index < -0.39 is 0 Å². The number of carbonyl (C=O) groups excluding carboxylic acids is 1. The number of fused-ring (bicyclic) bond motifs is 1. The highest BCUT2D eigenvalue weighted by atomic mass is 16.5. The van der Waals surface area contributed by atoms with Gasteiger partial charge in [-0.1, -0.05) is 30.4 Å². The summed E-state index contributed by atoms with van der Waals surface area (Å²) >= 11 is 0. The molecule has 0 radical (unpaired) electrons. The van der Waals surface area contributed by atoms with Crippen molar-refractivity contribution in [3.63, 3.8) is 0 Å². The summed E-state index contributed by atoms with van der Waals surface area (Å²) in [5.41, 5.74) is 2.76. The Morgan fingerprint density at radius 3 is 3.10 bits per heavy atom. The van der Waals surface area contributed by atoms with Crippen molar-refractivity contribution in [3.8, 4) is 5.75 Å². The third-order valence-corrected chi connectivity index (χ3v) is 3.58. The Kier molecular flexibility index (Phi) is 3.42. The number of para-hydroxylation sites is 1. The van der Waals surface area contributed by atoms with E-state index in [9.17, 15) is 4.79 Å². The van der Waals surface area contributed by atoms with E-state index in [0.717, 1.165) is 29.0 Å². The zero-order valence-corrected chi connectivity index (χ0v) is 11.4. The molecule has 3 nitrogen and oxygen atoms in total. The molecule has 1 aliphatic carbocycles. The van der Waals surface area contributed by atoms with Gasteiger partial charge in [0.25, 0.3) is 5.91 Å². The van der Waals surface area contributed by atoms with Gasteiger partial charge in [-0.05, 0) is 31.6 Å². The van der Waals surface area contributed by atoms with Crippen molar-refractivity contribution in [2.75, 3.05) is 6.61 Å². The van der Waals surface area contributed by atoms with Crippen LogP contribution in [-0.4, -0.2) is 12.5 Å². The number of hydrogen-bond donors (Lipinski definition) is 1. The van der Waals surface area contributed by atoms with E-state index in [-0.39, 0.29) is 11.8 Å². The lowest BCUT2D eigenvalue weighted by Gasteiger charge is -2.13. The Morgan fingerprint density at radius 2 is 2.25 bits per heavy atom. The maximum atomic E-state index is 12.1. The normalized spacial score (nSPS) is 22.4. The number of benzene rings is 1. The van der Waals surface area contributed by atoms with E-state index in [0.29, 0.717) is 6.61 Å². The minimum absolute atomic E-state index is 0.00347. The fourth-order valence-electron chi connectivity index (χ4n) is 2.63. The van der Waals surface area contributed by atoms with E-state index in [4.69, 9.17) is 4.74 Å².